The molecule has 0 N–H and O–H groups in total. The molecule has 7 heteroatoms. The van der Waals surface area contributed by atoms with E-state index in [1.165, 1.54) is 18.3 Å². The number of carbonyl (C=O) groups is 1. The Bertz CT molecular complexity index is 1410. The van der Waals surface area contributed by atoms with Crippen LogP contribution in [-0.2, 0) is 4.79 Å². The Kier molecular flexibility index (Phi) is 6.08. The average Bonchev–Trinajstić information content (AvgIpc) is 3.07. The van der Waals surface area contributed by atoms with Crippen LogP contribution in [0.15, 0.2) is 69.6 Å². The first-order valence-corrected chi connectivity index (χ1v) is 11.6. The quantitative estimate of drug-likeness (QED) is 0.588. The van der Waals surface area contributed by atoms with Crippen LogP contribution in [0.2, 0.25) is 0 Å². The average molecular weight is 461 g/mol. The van der Waals surface area contributed by atoms with Gasteiger partial charge in [0.25, 0.3) is 5.56 Å². The molecule has 2 heterocycles. The second-order valence-electron chi connectivity index (χ2n) is 8.61. The SMILES string of the molecule is CC(=O)C1=C(C)N=c2s/c(=C/c3ccc(N(C)C)cc3)c(=O)n2[C@@H]1c1ccc(N(C)C)cc1. The van der Waals surface area contributed by atoms with Crippen LogP contribution >= 0.6 is 11.3 Å². The second kappa shape index (κ2) is 8.83. The molecule has 1 aliphatic heterocycles. The van der Waals surface area contributed by atoms with Gasteiger partial charge in [0.1, 0.15) is 0 Å². The molecule has 33 heavy (non-hydrogen) atoms. The van der Waals surface area contributed by atoms with Gasteiger partial charge >= 0.3 is 0 Å². The predicted molar refractivity (Wildman–Crippen MR) is 136 cm³/mol. The lowest BCUT2D eigenvalue weighted by molar-refractivity contribution is -0.114. The van der Waals surface area contributed by atoms with Crippen molar-refractivity contribution in [3.63, 3.8) is 0 Å². The lowest BCUT2D eigenvalue weighted by Crippen LogP contribution is -2.39. The number of Topliss-reactive ketones (excluding diaryl/α,β-unsaturated/α-hetero) is 1. The summed E-state index contributed by atoms with van der Waals surface area (Å²) in [4.78, 5) is 35.5. The maximum atomic E-state index is 13.6. The third-order valence-corrected chi connectivity index (χ3v) is 6.82. The summed E-state index contributed by atoms with van der Waals surface area (Å²) in [5, 5.41) is 0. The first-order chi connectivity index (χ1) is 15.7. The third-order valence-electron chi connectivity index (χ3n) is 5.83. The van der Waals surface area contributed by atoms with Crippen LogP contribution in [0, 0.1) is 0 Å². The molecule has 0 saturated heterocycles. The third kappa shape index (κ3) is 4.28. The minimum Gasteiger partial charge on any atom is -0.378 e. The van der Waals surface area contributed by atoms with Crippen LogP contribution in [0.25, 0.3) is 6.08 Å². The van der Waals surface area contributed by atoms with Gasteiger partial charge in [-0.25, -0.2) is 4.99 Å². The van der Waals surface area contributed by atoms with Crippen molar-refractivity contribution in [2.75, 3.05) is 38.0 Å². The Labute approximate surface area is 197 Å². The molecule has 0 fully saturated rings. The van der Waals surface area contributed by atoms with Gasteiger partial charge in [0.15, 0.2) is 10.6 Å². The molecular weight excluding hydrogens is 432 g/mol. The van der Waals surface area contributed by atoms with Crippen molar-refractivity contribution in [1.82, 2.24) is 4.57 Å². The first-order valence-electron chi connectivity index (χ1n) is 10.8. The maximum absolute atomic E-state index is 13.6. The summed E-state index contributed by atoms with van der Waals surface area (Å²) in [5.74, 6) is -0.0773. The Morgan fingerprint density at radius 3 is 2.03 bits per heavy atom. The molecule has 6 nitrogen and oxygen atoms in total. The molecule has 1 aliphatic rings. The molecule has 1 aromatic heterocycles. The summed E-state index contributed by atoms with van der Waals surface area (Å²) in [6, 6.07) is 15.5. The van der Waals surface area contributed by atoms with Crippen molar-refractivity contribution in [3.05, 3.63) is 90.6 Å². The zero-order chi connectivity index (χ0) is 23.9. The van der Waals surface area contributed by atoms with Gasteiger partial charge in [-0.05, 0) is 55.3 Å². The minimum atomic E-state index is -0.492. The van der Waals surface area contributed by atoms with E-state index in [-0.39, 0.29) is 11.3 Å². The predicted octanol–water partition coefficient (Wildman–Crippen LogP) is 2.96. The number of allylic oxidation sites excluding steroid dienone is 2. The van der Waals surface area contributed by atoms with Crippen molar-refractivity contribution in [2.24, 2.45) is 4.99 Å². The number of anilines is 2. The minimum absolute atomic E-state index is 0.0773. The molecule has 0 amide bonds. The van der Waals surface area contributed by atoms with Crippen LogP contribution in [0.3, 0.4) is 0 Å². The Hall–Kier alpha value is -3.45. The zero-order valence-electron chi connectivity index (χ0n) is 19.8. The van der Waals surface area contributed by atoms with Crippen molar-refractivity contribution in [3.8, 4) is 0 Å². The second-order valence-corrected chi connectivity index (χ2v) is 9.62. The molecule has 3 aromatic rings. The fraction of sp³-hybridized carbons (Fsp3) is 0.269. The number of nitrogens with zero attached hydrogens (tertiary/aromatic N) is 4. The van der Waals surface area contributed by atoms with Crippen LogP contribution in [-0.4, -0.2) is 38.5 Å². The topological polar surface area (TPSA) is 57.9 Å². The number of aromatic nitrogens is 1. The summed E-state index contributed by atoms with van der Waals surface area (Å²) < 4.78 is 2.26. The fourth-order valence-corrected chi connectivity index (χ4v) is 5.11. The van der Waals surface area contributed by atoms with E-state index in [1.807, 2.05) is 99.5 Å². The molecule has 0 saturated carbocycles. The van der Waals surface area contributed by atoms with Gasteiger partial charge in [0.05, 0.1) is 10.6 Å². The lowest BCUT2D eigenvalue weighted by atomic mass is 9.93. The monoisotopic (exact) mass is 460 g/mol. The number of rotatable bonds is 5. The Balaban J connectivity index is 1.88. The highest BCUT2D eigenvalue weighted by molar-refractivity contribution is 7.07. The molecule has 0 unspecified atom stereocenters. The number of fused-ring (bicyclic) bond motifs is 1. The van der Waals surface area contributed by atoms with Crippen molar-refractivity contribution in [2.45, 2.75) is 19.9 Å². The molecule has 4 rings (SSSR count). The van der Waals surface area contributed by atoms with Gasteiger partial charge in [-0.15, -0.1) is 0 Å². The van der Waals surface area contributed by atoms with Crippen molar-refractivity contribution in [1.29, 1.82) is 0 Å². The Morgan fingerprint density at radius 1 is 0.970 bits per heavy atom. The summed E-state index contributed by atoms with van der Waals surface area (Å²) >= 11 is 1.36. The smallest absolute Gasteiger partial charge is 0.271 e. The van der Waals surface area contributed by atoms with E-state index in [2.05, 4.69) is 4.99 Å². The van der Waals surface area contributed by atoms with Crippen molar-refractivity contribution >= 4 is 34.6 Å². The molecule has 170 valence electrons. The van der Waals surface area contributed by atoms with E-state index in [1.54, 1.807) is 4.57 Å². The van der Waals surface area contributed by atoms with Crippen molar-refractivity contribution < 1.29 is 4.79 Å². The van der Waals surface area contributed by atoms with E-state index in [9.17, 15) is 9.59 Å². The molecule has 1 atom stereocenters. The number of ketones is 1. The highest BCUT2D eigenvalue weighted by Gasteiger charge is 2.30. The van der Waals surface area contributed by atoms with E-state index in [0.29, 0.717) is 20.6 Å². The summed E-state index contributed by atoms with van der Waals surface area (Å²) in [5.41, 5.74) is 5.06. The van der Waals surface area contributed by atoms with Crippen LogP contribution in [0.1, 0.15) is 31.0 Å². The van der Waals surface area contributed by atoms with E-state index >= 15 is 0 Å². The molecule has 0 aliphatic carbocycles. The molecule has 0 bridgehead atoms. The number of benzene rings is 2. The Morgan fingerprint density at radius 2 is 1.52 bits per heavy atom. The van der Waals surface area contributed by atoms with Crippen LogP contribution < -0.4 is 24.7 Å². The summed E-state index contributed by atoms with van der Waals surface area (Å²) in [7, 11) is 7.95. The maximum Gasteiger partial charge on any atom is 0.271 e. The first kappa shape index (κ1) is 22.7. The van der Waals surface area contributed by atoms with E-state index in [4.69, 9.17) is 0 Å². The number of carbonyl (C=O) groups excluding carboxylic acids is 1. The van der Waals surface area contributed by atoms with Gasteiger partial charge in [-0.1, -0.05) is 35.6 Å². The van der Waals surface area contributed by atoms with Gasteiger partial charge in [0.2, 0.25) is 0 Å². The van der Waals surface area contributed by atoms with Gasteiger partial charge in [-0.2, -0.15) is 0 Å². The molecule has 0 spiro atoms. The van der Waals surface area contributed by atoms with Crippen LogP contribution in [0.5, 0.6) is 0 Å². The van der Waals surface area contributed by atoms with Gasteiger partial charge < -0.3 is 9.80 Å². The highest BCUT2D eigenvalue weighted by atomic mass is 32.1. The summed E-state index contributed by atoms with van der Waals surface area (Å²) in [6.45, 7) is 3.38. The fourth-order valence-electron chi connectivity index (χ4n) is 4.06. The largest absolute Gasteiger partial charge is 0.378 e. The van der Waals surface area contributed by atoms with E-state index < -0.39 is 6.04 Å². The highest BCUT2D eigenvalue weighted by Crippen LogP contribution is 2.31. The molecule has 0 radical (unpaired) electrons. The number of hydrogen-bond donors (Lipinski definition) is 0. The van der Waals surface area contributed by atoms with Gasteiger partial charge in [-0.3, -0.25) is 14.2 Å². The van der Waals surface area contributed by atoms with Crippen LogP contribution in [0.4, 0.5) is 11.4 Å². The molecule has 2 aromatic carbocycles. The number of thiazole rings is 1. The van der Waals surface area contributed by atoms with Gasteiger partial charge in [0, 0.05) is 50.8 Å². The normalized spacial score (nSPS) is 15.8. The molecular formula is C26H28N4O2S. The van der Waals surface area contributed by atoms with E-state index in [0.717, 1.165) is 22.5 Å². The zero-order valence-corrected chi connectivity index (χ0v) is 20.6. The summed E-state index contributed by atoms with van der Waals surface area (Å²) in [6.07, 6.45) is 1.89. The lowest BCUT2D eigenvalue weighted by Gasteiger charge is -2.25. The standard InChI is InChI=1S/C26H28N4O2S/c1-16-23(17(2)31)24(19-9-13-21(14-10-19)29(5)6)30-25(32)22(33-26(30)27-16)15-18-7-11-20(12-8-18)28(3)4/h7-15,24H,1-6H3/b22-15+/t24-/m1/s1. The number of hydrogen-bond acceptors (Lipinski definition) is 6.